The maximum atomic E-state index is 13.2. The average Bonchev–Trinajstić information content (AvgIpc) is 2.85. The summed E-state index contributed by atoms with van der Waals surface area (Å²) in [7, 11) is 1.90. The first-order chi connectivity index (χ1) is 16.5. The van der Waals surface area contributed by atoms with Crippen molar-refractivity contribution in [3.8, 4) is 0 Å². The second kappa shape index (κ2) is 11.3. The van der Waals surface area contributed by atoms with Gasteiger partial charge >= 0.3 is 0 Å². The van der Waals surface area contributed by atoms with E-state index in [0.717, 1.165) is 44.0 Å². The molecule has 5 nitrogen and oxygen atoms in total. The fraction of sp³-hybridized carbons (Fsp3) is 0.321. The zero-order chi connectivity index (χ0) is 23.9. The van der Waals surface area contributed by atoms with Gasteiger partial charge in [0.15, 0.2) is 0 Å². The molecule has 34 heavy (non-hydrogen) atoms. The Morgan fingerprint density at radius 1 is 0.941 bits per heavy atom. The lowest BCUT2D eigenvalue weighted by atomic mass is 10.1. The van der Waals surface area contributed by atoms with Gasteiger partial charge in [-0.1, -0.05) is 42.5 Å². The number of hydrogen-bond acceptors (Lipinski definition) is 4. The van der Waals surface area contributed by atoms with Crippen LogP contribution < -0.4 is 10.2 Å². The predicted molar refractivity (Wildman–Crippen MR) is 136 cm³/mol. The van der Waals surface area contributed by atoms with Crippen molar-refractivity contribution in [3.05, 3.63) is 95.8 Å². The lowest BCUT2D eigenvalue weighted by molar-refractivity contribution is -0.117. The van der Waals surface area contributed by atoms with Gasteiger partial charge in [-0.25, -0.2) is 4.39 Å². The molecule has 1 aliphatic rings. The van der Waals surface area contributed by atoms with E-state index in [4.69, 9.17) is 0 Å². The molecule has 6 heteroatoms. The maximum Gasteiger partial charge on any atom is 0.238 e. The van der Waals surface area contributed by atoms with Crippen molar-refractivity contribution >= 4 is 17.3 Å². The second-order valence-electron chi connectivity index (χ2n) is 8.99. The fourth-order valence-corrected chi connectivity index (χ4v) is 4.32. The molecule has 0 aliphatic carbocycles. The van der Waals surface area contributed by atoms with Crippen LogP contribution in [0.15, 0.2) is 78.9 Å². The standard InChI is InChI=1S/C28H33FN4O/c1-22(24-8-10-25(29)11-9-24)31(2)21-28(34)30-26-12-14-27(15-13-26)33-18-16-32(17-19-33)20-23-6-4-3-5-7-23/h3-15,22H,16-21H2,1-2H3,(H,30,34). The Bertz CT molecular complexity index is 1050. The first-order valence-electron chi connectivity index (χ1n) is 11.8. The molecule has 1 heterocycles. The van der Waals surface area contributed by atoms with Crippen molar-refractivity contribution < 1.29 is 9.18 Å². The molecular formula is C28H33FN4O. The molecule has 3 aromatic rings. The third kappa shape index (κ3) is 6.43. The van der Waals surface area contributed by atoms with Crippen LogP contribution in [0, 0.1) is 5.82 Å². The summed E-state index contributed by atoms with van der Waals surface area (Å²) in [5.41, 5.74) is 4.30. The highest BCUT2D eigenvalue weighted by atomic mass is 19.1. The van der Waals surface area contributed by atoms with Gasteiger partial charge < -0.3 is 10.2 Å². The van der Waals surface area contributed by atoms with Crippen LogP contribution in [0.3, 0.4) is 0 Å². The van der Waals surface area contributed by atoms with Gasteiger partial charge in [0.05, 0.1) is 6.54 Å². The molecule has 1 amide bonds. The topological polar surface area (TPSA) is 38.8 Å². The summed E-state index contributed by atoms with van der Waals surface area (Å²) in [5.74, 6) is -0.326. The minimum atomic E-state index is -0.256. The molecule has 1 saturated heterocycles. The lowest BCUT2D eigenvalue weighted by Gasteiger charge is -2.36. The summed E-state index contributed by atoms with van der Waals surface area (Å²) in [5, 5.41) is 2.99. The van der Waals surface area contributed by atoms with Crippen molar-refractivity contribution in [1.29, 1.82) is 0 Å². The van der Waals surface area contributed by atoms with E-state index in [1.807, 2.05) is 31.0 Å². The highest BCUT2D eigenvalue weighted by Crippen LogP contribution is 2.21. The van der Waals surface area contributed by atoms with Crippen molar-refractivity contribution in [2.75, 3.05) is 50.0 Å². The van der Waals surface area contributed by atoms with E-state index in [2.05, 4.69) is 57.6 Å². The number of nitrogens with one attached hydrogen (secondary N) is 1. The monoisotopic (exact) mass is 460 g/mol. The highest BCUT2D eigenvalue weighted by Gasteiger charge is 2.18. The van der Waals surface area contributed by atoms with Crippen LogP contribution in [0.2, 0.25) is 0 Å². The molecule has 1 unspecified atom stereocenters. The zero-order valence-electron chi connectivity index (χ0n) is 20.0. The number of rotatable bonds is 8. The molecule has 0 saturated carbocycles. The third-order valence-corrected chi connectivity index (χ3v) is 6.54. The van der Waals surface area contributed by atoms with Gasteiger partial charge in [0.2, 0.25) is 5.91 Å². The Kier molecular flexibility index (Phi) is 7.93. The Hall–Kier alpha value is -3.22. The Balaban J connectivity index is 1.24. The number of halogens is 1. The van der Waals surface area contributed by atoms with E-state index in [0.29, 0.717) is 0 Å². The fourth-order valence-electron chi connectivity index (χ4n) is 4.32. The van der Waals surface area contributed by atoms with E-state index in [9.17, 15) is 9.18 Å². The SMILES string of the molecule is CC(c1ccc(F)cc1)N(C)CC(=O)Nc1ccc(N2CCN(Cc3ccccc3)CC2)cc1. The van der Waals surface area contributed by atoms with Crippen LogP contribution in [0.4, 0.5) is 15.8 Å². The van der Waals surface area contributed by atoms with Gasteiger partial charge in [0, 0.05) is 50.1 Å². The lowest BCUT2D eigenvalue weighted by Crippen LogP contribution is -2.45. The molecule has 4 rings (SSSR count). The number of likely N-dealkylation sites (N-methyl/N-ethyl adjacent to an activating group) is 1. The first-order valence-corrected chi connectivity index (χ1v) is 11.8. The molecule has 178 valence electrons. The summed E-state index contributed by atoms with van der Waals surface area (Å²) < 4.78 is 13.2. The van der Waals surface area contributed by atoms with E-state index in [1.165, 1.54) is 23.4 Å². The zero-order valence-corrected chi connectivity index (χ0v) is 20.0. The molecule has 1 N–H and O–H groups in total. The van der Waals surface area contributed by atoms with E-state index in [-0.39, 0.29) is 24.3 Å². The summed E-state index contributed by atoms with van der Waals surface area (Å²) in [6.07, 6.45) is 0. The van der Waals surface area contributed by atoms with E-state index < -0.39 is 0 Å². The molecule has 0 radical (unpaired) electrons. The number of carbonyl (C=O) groups is 1. The number of nitrogens with zero attached hydrogens (tertiary/aromatic N) is 3. The molecule has 1 fully saturated rings. The van der Waals surface area contributed by atoms with Crippen molar-refractivity contribution in [2.45, 2.75) is 19.5 Å². The van der Waals surface area contributed by atoms with Crippen LogP contribution >= 0.6 is 0 Å². The minimum absolute atomic E-state index is 0.00860. The molecule has 3 aromatic carbocycles. The van der Waals surface area contributed by atoms with Crippen molar-refractivity contribution in [1.82, 2.24) is 9.80 Å². The minimum Gasteiger partial charge on any atom is -0.369 e. The summed E-state index contributed by atoms with van der Waals surface area (Å²) in [4.78, 5) is 19.4. The van der Waals surface area contributed by atoms with E-state index in [1.54, 1.807) is 12.1 Å². The van der Waals surface area contributed by atoms with Gasteiger partial charge in [-0.2, -0.15) is 0 Å². The molecule has 1 atom stereocenters. The molecule has 0 aromatic heterocycles. The Labute approximate surface area is 201 Å². The summed E-state index contributed by atoms with van der Waals surface area (Å²) in [6, 6.07) is 25.1. The van der Waals surface area contributed by atoms with Crippen LogP contribution in [0.25, 0.3) is 0 Å². The van der Waals surface area contributed by atoms with Crippen LogP contribution in [0.5, 0.6) is 0 Å². The van der Waals surface area contributed by atoms with Gasteiger partial charge in [-0.05, 0) is 61.5 Å². The summed E-state index contributed by atoms with van der Waals surface area (Å²) in [6.45, 7) is 7.31. The van der Waals surface area contributed by atoms with Gasteiger partial charge in [-0.3, -0.25) is 14.6 Å². The number of anilines is 2. The number of piperazine rings is 1. The smallest absolute Gasteiger partial charge is 0.238 e. The van der Waals surface area contributed by atoms with Gasteiger partial charge in [0.1, 0.15) is 5.82 Å². The summed E-state index contributed by atoms with van der Waals surface area (Å²) >= 11 is 0. The van der Waals surface area contributed by atoms with Crippen LogP contribution in [-0.4, -0.2) is 55.5 Å². The number of amides is 1. The van der Waals surface area contributed by atoms with Crippen molar-refractivity contribution in [3.63, 3.8) is 0 Å². The molecule has 1 aliphatic heterocycles. The normalized spacial score (nSPS) is 15.4. The number of benzene rings is 3. The van der Waals surface area contributed by atoms with Crippen LogP contribution in [-0.2, 0) is 11.3 Å². The molecule has 0 spiro atoms. The van der Waals surface area contributed by atoms with Gasteiger partial charge in [0.25, 0.3) is 0 Å². The number of hydrogen-bond donors (Lipinski definition) is 1. The average molecular weight is 461 g/mol. The third-order valence-electron chi connectivity index (χ3n) is 6.54. The van der Waals surface area contributed by atoms with Crippen molar-refractivity contribution in [2.24, 2.45) is 0 Å². The number of carbonyl (C=O) groups excluding carboxylic acids is 1. The molecule has 0 bridgehead atoms. The maximum absolute atomic E-state index is 13.2. The predicted octanol–water partition coefficient (Wildman–Crippen LogP) is 4.78. The second-order valence-corrected chi connectivity index (χ2v) is 8.99. The van der Waals surface area contributed by atoms with Gasteiger partial charge in [-0.15, -0.1) is 0 Å². The first kappa shape index (κ1) is 23.9. The quantitative estimate of drug-likeness (QED) is 0.525. The van der Waals surface area contributed by atoms with Crippen LogP contribution in [0.1, 0.15) is 24.1 Å². The molecular weight excluding hydrogens is 427 g/mol. The highest BCUT2D eigenvalue weighted by molar-refractivity contribution is 5.92. The Morgan fingerprint density at radius 2 is 1.59 bits per heavy atom. The van der Waals surface area contributed by atoms with E-state index >= 15 is 0 Å². The largest absolute Gasteiger partial charge is 0.369 e. The Morgan fingerprint density at radius 3 is 2.24 bits per heavy atom.